The molecule has 3 heteroatoms. The summed E-state index contributed by atoms with van der Waals surface area (Å²) in [5.74, 6) is 2.18. The molecule has 2 nitrogen and oxygen atoms in total. The van der Waals surface area contributed by atoms with Crippen LogP contribution in [0.25, 0.3) is 0 Å². The second-order valence-electron chi connectivity index (χ2n) is 1.67. The van der Waals surface area contributed by atoms with Gasteiger partial charge in [-0.1, -0.05) is 0 Å². The number of ketones is 1. The summed E-state index contributed by atoms with van der Waals surface area (Å²) in [6.07, 6.45) is 0. The van der Waals surface area contributed by atoms with Crippen molar-refractivity contribution in [3.05, 3.63) is 0 Å². The first-order chi connectivity index (χ1) is 3.68. The zero-order valence-corrected chi connectivity index (χ0v) is 6.89. The van der Waals surface area contributed by atoms with E-state index in [-0.39, 0.29) is 11.8 Å². The quantitative estimate of drug-likeness (QED) is 0.624. The van der Waals surface area contributed by atoms with E-state index in [1.54, 1.807) is 0 Å². The van der Waals surface area contributed by atoms with E-state index in [4.69, 9.17) is 5.73 Å². The second-order valence-corrected chi connectivity index (χ2v) is 3.58. The van der Waals surface area contributed by atoms with E-state index in [1.165, 1.54) is 6.92 Å². The van der Waals surface area contributed by atoms with Crippen molar-refractivity contribution in [1.82, 2.24) is 0 Å². The Balaban J connectivity index is 3.32. The summed E-state index contributed by atoms with van der Waals surface area (Å²) in [4.78, 5) is 10.4. The van der Waals surface area contributed by atoms with E-state index in [0.717, 1.165) is 5.32 Å². The predicted molar refractivity (Wildman–Crippen MR) is 35.1 cm³/mol. The Morgan fingerprint density at radius 2 is 2.38 bits per heavy atom. The van der Waals surface area contributed by atoms with Crippen molar-refractivity contribution < 1.29 is 4.79 Å². The van der Waals surface area contributed by atoms with Crippen LogP contribution in [0.2, 0.25) is 11.1 Å². The number of Topliss-reactive ketones (excluding diaryl/α,β-unsaturated/α-hetero) is 1. The molecule has 2 N–H and O–H groups in total. The summed E-state index contributed by atoms with van der Waals surface area (Å²) in [6, 6.07) is -0.194. The molecule has 1 atom stereocenters. The zero-order chi connectivity index (χ0) is 6.57. The Kier molecular flexibility index (Phi) is 4.15. The molecule has 0 heterocycles. The first-order valence-corrected chi connectivity index (χ1v) is 5.36. The first-order valence-electron chi connectivity index (χ1n) is 2.43. The van der Waals surface area contributed by atoms with Gasteiger partial charge in [-0.05, 0) is 0 Å². The molecular weight excluding hydrogens is 169 g/mol. The van der Waals surface area contributed by atoms with Gasteiger partial charge in [-0.25, -0.2) is 0 Å². The molecule has 0 rings (SSSR count). The number of carbonyl (C=O) groups is 1. The normalized spacial score (nSPS) is 13.4. The Morgan fingerprint density at radius 3 is 2.50 bits per heavy atom. The van der Waals surface area contributed by atoms with Crippen LogP contribution in [0.3, 0.4) is 0 Å². The summed E-state index contributed by atoms with van der Waals surface area (Å²) >= 11 is 0.533. The van der Waals surface area contributed by atoms with Gasteiger partial charge in [0.25, 0.3) is 0 Å². The fourth-order valence-corrected chi connectivity index (χ4v) is 1.54. The van der Waals surface area contributed by atoms with E-state index in [2.05, 4.69) is 5.82 Å². The maximum absolute atomic E-state index is 10.4. The molecule has 0 aromatic rings. The molecule has 0 saturated carbocycles. The third-order valence-corrected chi connectivity index (χ3v) is 2.32. The molecule has 1 unspecified atom stereocenters. The van der Waals surface area contributed by atoms with Gasteiger partial charge >= 0.3 is 55.4 Å². The molecule has 0 aliphatic rings. The molecule has 0 radical (unpaired) electrons. The van der Waals surface area contributed by atoms with Crippen LogP contribution in [0.15, 0.2) is 0 Å². The van der Waals surface area contributed by atoms with E-state index >= 15 is 0 Å². The van der Waals surface area contributed by atoms with Crippen molar-refractivity contribution in [3.63, 3.8) is 0 Å². The van der Waals surface area contributed by atoms with Crippen LogP contribution < -0.4 is 5.73 Å². The van der Waals surface area contributed by atoms with Crippen molar-refractivity contribution in [3.8, 4) is 0 Å². The van der Waals surface area contributed by atoms with E-state index in [1.807, 2.05) is 0 Å². The fourth-order valence-electron chi connectivity index (χ4n) is 0.297. The van der Waals surface area contributed by atoms with Gasteiger partial charge in [0.1, 0.15) is 0 Å². The number of carbonyl (C=O) groups excluding carboxylic acids is 1. The molecule has 0 aliphatic heterocycles. The molecule has 8 heavy (non-hydrogen) atoms. The minimum absolute atomic E-state index is 0.105. The van der Waals surface area contributed by atoms with Gasteiger partial charge in [0, 0.05) is 0 Å². The van der Waals surface area contributed by atoms with Gasteiger partial charge < -0.3 is 0 Å². The summed E-state index contributed by atoms with van der Waals surface area (Å²) < 4.78 is 0. The molecule has 0 spiro atoms. The van der Waals surface area contributed by atoms with Crippen LogP contribution in [0.4, 0.5) is 0 Å². The number of hydrogen-bond donors (Lipinski definition) is 1. The first kappa shape index (κ1) is 8.15. The van der Waals surface area contributed by atoms with Crippen LogP contribution in [-0.2, 0) is 4.79 Å². The number of nitrogens with two attached hydrogens (primary N) is 1. The van der Waals surface area contributed by atoms with Crippen LogP contribution in [-0.4, -0.2) is 26.8 Å². The second kappa shape index (κ2) is 4.07. The van der Waals surface area contributed by atoms with Gasteiger partial charge in [0.15, 0.2) is 0 Å². The Hall–Kier alpha value is 0.149. The fraction of sp³-hybridized carbons (Fsp3) is 0.800. The molecule has 0 bridgehead atoms. The summed E-state index contributed by atoms with van der Waals surface area (Å²) in [7, 11) is 0. The van der Waals surface area contributed by atoms with Crippen molar-refractivity contribution >= 4 is 20.7 Å². The monoisotopic (exact) mass is 181 g/mol. The SMILES string of the molecule is C[Se]CC(N)C(C)=O. The maximum atomic E-state index is 10.4. The van der Waals surface area contributed by atoms with Gasteiger partial charge in [-0.3, -0.25) is 0 Å². The number of rotatable bonds is 3. The molecule has 0 fully saturated rings. The minimum atomic E-state index is -0.194. The van der Waals surface area contributed by atoms with Gasteiger partial charge in [0.05, 0.1) is 0 Å². The van der Waals surface area contributed by atoms with Gasteiger partial charge in [-0.15, -0.1) is 0 Å². The summed E-state index contributed by atoms with van der Waals surface area (Å²) in [6.45, 7) is 1.54. The zero-order valence-electron chi connectivity index (χ0n) is 5.18. The van der Waals surface area contributed by atoms with E-state index in [9.17, 15) is 4.79 Å². The predicted octanol–water partition coefficient (Wildman–Crippen LogP) is 0.0733. The van der Waals surface area contributed by atoms with Gasteiger partial charge in [-0.2, -0.15) is 0 Å². The van der Waals surface area contributed by atoms with Crippen LogP contribution >= 0.6 is 0 Å². The summed E-state index contributed by atoms with van der Waals surface area (Å²) in [5.41, 5.74) is 5.39. The molecular formula is C5H11NOSe. The average molecular weight is 180 g/mol. The molecule has 48 valence electrons. The Labute approximate surface area is 56.0 Å². The standard InChI is InChI=1S/C5H11NOSe/c1-4(7)5(6)3-8-2/h5H,3,6H2,1-2H3. The number of hydrogen-bond acceptors (Lipinski definition) is 2. The topological polar surface area (TPSA) is 43.1 Å². The molecule has 0 aliphatic carbocycles. The average Bonchev–Trinajstić information content (AvgIpc) is 1.67. The van der Waals surface area contributed by atoms with Crippen molar-refractivity contribution in [2.75, 3.05) is 0 Å². The van der Waals surface area contributed by atoms with Crippen LogP contribution in [0.1, 0.15) is 6.92 Å². The Morgan fingerprint density at radius 1 is 1.88 bits per heavy atom. The van der Waals surface area contributed by atoms with Crippen molar-refractivity contribution in [2.45, 2.75) is 24.1 Å². The third-order valence-electron chi connectivity index (χ3n) is 0.868. The molecule has 0 amide bonds. The molecule has 0 aromatic carbocycles. The van der Waals surface area contributed by atoms with Gasteiger partial charge in [0.2, 0.25) is 0 Å². The molecule has 0 saturated heterocycles. The van der Waals surface area contributed by atoms with Crippen molar-refractivity contribution in [2.24, 2.45) is 5.73 Å². The van der Waals surface area contributed by atoms with Crippen LogP contribution in [0.5, 0.6) is 0 Å². The van der Waals surface area contributed by atoms with Crippen LogP contribution in [0, 0.1) is 0 Å². The molecule has 0 aromatic heterocycles. The summed E-state index contributed by atoms with van der Waals surface area (Å²) in [5, 5.41) is 0.877. The Bertz CT molecular complexity index is 84.5. The van der Waals surface area contributed by atoms with E-state index < -0.39 is 0 Å². The van der Waals surface area contributed by atoms with Crippen molar-refractivity contribution in [1.29, 1.82) is 0 Å². The van der Waals surface area contributed by atoms with E-state index in [0.29, 0.717) is 15.0 Å². The third kappa shape index (κ3) is 3.19.